The third kappa shape index (κ3) is 4.77. The number of nitrogens with zero attached hydrogens (tertiary/aromatic N) is 1. The van der Waals surface area contributed by atoms with E-state index in [1.54, 1.807) is 0 Å². The van der Waals surface area contributed by atoms with Gasteiger partial charge in [-0.2, -0.15) is 0 Å². The van der Waals surface area contributed by atoms with Gasteiger partial charge in [0.25, 0.3) is 0 Å². The predicted octanol–water partition coefficient (Wildman–Crippen LogP) is 2.97. The van der Waals surface area contributed by atoms with Gasteiger partial charge in [0, 0.05) is 19.5 Å². The van der Waals surface area contributed by atoms with E-state index in [4.69, 9.17) is 5.73 Å². The molecule has 1 aliphatic carbocycles. The number of nitrogens with two attached hydrogens (primary N) is 1. The summed E-state index contributed by atoms with van der Waals surface area (Å²) in [6, 6.07) is 0. The summed E-state index contributed by atoms with van der Waals surface area (Å²) >= 11 is 0. The van der Waals surface area contributed by atoms with Crippen LogP contribution in [0, 0.1) is 5.41 Å². The van der Waals surface area contributed by atoms with Crippen molar-refractivity contribution in [2.24, 2.45) is 11.1 Å². The number of carbonyl (C=O) groups is 1. The second kappa shape index (κ2) is 8.76. The predicted molar refractivity (Wildman–Crippen MR) is 79.0 cm³/mol. The van der Waals surface area contributed by atoms with Crippen molar-refractivity contribution in [2.45, 2.75) is 58.8 Å². The summed E-state index contributed by atoms with van der Waals surface area (Å²) < 4.78 is 0. The molecule has 2 N–H and O–H groups in total. The first-order chi connectivity index (χ1) is 8.17. The molecule has 0 radical (unpaired) electrons. The zero-order valence-corrected chi connectivity index (χ0v) is 12.7. The first-order valence-electron chi connectivity index (χ1n) is 7.15. The highest BCUT2D eigenvalue weighted by Gasteiger charge is 2.33. The molecule has 3 nitrogen and oxygen atoms in total. The Balaban J connectivity index is 0.00000289. The van der Waals surface area contributed by atoms with Gasteiger partial charge in [0.05, 0.1) is 0 Å². The highest BCUT2D eigenvalue weighted by Crippen LogP contribution is 2.38. The van der Waals surface area contributed by atoms with E-state index in [1.807, 2.05) is 4.90 Å². The van der Waals surface area contributed by atoms with E-state index in [1.165, 1.54) is 19.3 Å². The molecule has 0 aromatic rings. The van der Waals surface area contributed by atoms with Crippen LogP contribution >= 0.6 is 12.4 Å². The first kappa shape index (κ1) is 17.7. The Labute approximate surface area is 118 Å². The van der Waals surface area contributed by atoms with E-state index in [0.717, 1.165) is 32.4 Å². The molecule has 0 bridgehead atoms. The van der Waals surface area contributed by atoms with Crippen molar-refractivity contribution in [1.82, 2.24) is 4.90 Å². The van der Waals surface area contributed by atoms with E-state index in [0.29, 0.717) is 18.9 Å². The molecule has 1 aliphatic rings. The molecule has 0 unspecified atom stereocenters. The van der Waals surface area contributed by atoms with Crippen molar-refractivity contribution in [3.63, 3.8) is 0 Å². The average Bonchev–Trinajstić information content (AvgIpc) is 2.36. The highest BCUT2D eigenvalue weighted by atomic mass is 35.5. The Morgan fingerprint density at radius 2 is 1.83 bits per heavy atom. The van der Waals surface area contributed by atoms with Crippen LogP contribution in [0.4, 0.5) is 0 Å². The summed E-state index contributed by atoms with van der Waals surface area (Å²) in [6.45, 7) is 6.56. The van der Waals surface area contributed by atoms with Crippen LogP contribution in [-0.4, -0.2) is 30.4 Å². The number of hydrogen-bond donors (Lipinski definition) is 1. The lowest BCUT2D eigenvalue weighted by Crippen LogP contribution is -2.40. The minimum absolute atomic E-state index is 0. The molecule has 1 saturated carbocycles. The Hall–Kier alpha value is -0.280. The van der Waals surface area contributed by atoms with E-state index < -0.39 is 0 Å². The minimum Gasteiger partial charge on any atom is -0.343 e. The summed E-state index contributed by atoms with van der Waals surface area (Å²) in [4.78, 5) is 14.2. The fraction of sp³-hybridized carbons (Fsp3) is 0.929. The van der Waals surface area contributed by atoms with Gasteiger partial charge in [-0.25, -0.2) is 0 Å². The molecule has 1 fully saturated rings. The zero-order chi connectivity index (χ0) is 12.7. The zero-order valence-electron chi connectivity index (χ0n) is 11.9. The van der Waals surface area contributed by atoms with Crippen LogP contribution < -0.4 is 5.73 Å². The van der Waals surface area contributed by atoms with E-state index in [9.17, 15) is 4.79 Å². The van der Waals surface area contributed by atoms with E-state index >= 15 is 0 Å². The number of halogens is 1. The minimum atomic E-state index is 0. The molecular weight excluding hydrogens is 248 g/mol. The molecule has 0 aromatic carbocycles. The lowest BCUT2D eigenvalue weighted by atomic mass is 9.71. The molecule has 1 amide bonds. The largest absolute Gasteiger partial charge is 0.343 e. The summed E-state index contributed by atoms with van der Waals surface area (Å²) in [6.07, 6.45) is 7.77. The van der Waals surface area contributed by atoms with Gasteiger partial charge >= 0.3 is 0 Å². The van der Waals surface area contributed by atoms with Gasteiger partial charge in [-0.3, -0.25) is 4.79 Å². The van der Waals surface area contributed by atoms with Crippen LogP contribution in [0.15, 0.2) is 0 Å². The second-order valence-electron chi connectivity index (χ2n) is 5.41. The topological polar surface area (TPSA) is 46.3 Å². The van der Waals surface area contributed by atoms with Gasteiger partial charge in [-0.15, -0.1) is 12.4 Å². The maximum absolute atomic E-state index is 12.3. The third-order valence-electron chi connectivity index (χ3n) is 4.10. The van der Waals surface area contributed by atoms with Crippen molar-refractivity contribution >= 4 is 18.3 Å². The van der Waals surface area contributed by atoms with Crippen molar-refractivity contribution in [3.8, 4) is 0 Å². The van der Waals surface area contributed by atoms with Crippen LogP contribution in [0.25, 0.3) is 0 Å². The van der Waals surface area contributed by atoms with Crippen LogP contribution in [0.3, 0.4) is 0 Å². The molecule has 0 aliphatic heterocycles. The molecule has 0 spiro atoms. The Morgan fingerprint density at radius 1 is 1.22 bits per heavy atom. The molecule has 0 atom stereocenters. The smallest absolute Gasteiger partial charge is 0.223 e. The number of rotatable bonds is 6. The molecule has 1 rings (SSSR count). The van der Waals surface area contributed by atoms with Gasteiger partial charge in [-0.1, -0.05) is 26.2 Å². The van der Waals surface area contributed by atoms with Crippen LogP contribution in [0.5, 0.6) is 0 Å². The molecule has 108 valence electrons. The Morgan fingerprint density at radius 3 is 2.28 bits per heavy atom. The molecular formula is C14H29ClN2O. The normalized spacial score (nSPS) is 17.9. The van der Waals surface area contributed by atoms with E-state index in [-0.39, 0.29) is 17.8 Å². The van der Waals surface area contributed by atoms with Crippen molar-refractivity contribution in [2.75, 3.05) is 19.6 Å². The third-order valence-corrected chi connectivity index (χ3v) is 4.10. The van der Waals surface area contributed by atoms with Crippen LogP contribution in [0.2, 0.25) is 0 Å². The monoisotopic (exact) mass is 276 g/mol. The maximum Gasteiger partial charge on any atom is 0.223 e. The van der Waals surface area contributed by atoms with Gasteiger partial charge in [0.1, 0.15) is 0 Å². The molecule has 18 heavy (non-hydrogen) atoms. The highest BCUT2D eigenvalue weighted by molar-refractivity contribution is 5.85. The Bertz CT molecular complexity index is 240. The maximum atomic E-state index is 12.3. The quantitative estimate of drug-likeness (QED) is 0.811. The van der Waals surface area contributed by atoms with Crippen molar-refractivity contribution in [1.29, 1.82) is 0 Å². The molecule has 0 aromatic heterocycles. The first-order valence-corrected chi connectivity index (χ1v) is 7.15. The lowest BCUT2D eigenvalue weighted by molar-refractivity contribution is -0.134. The van der Waals surface area contributed by atoms with Crippen LogP contribution in [0.1, 0.15) is 58.8 Å². The number of hydrogen-bond acceptors (Lipinski definition) is 2. The summed E-state index contributed by atoms with van der Waals surface area (Å²) in [7, 11) is 0. The molecule has 0 saturated heterocycles. The van der Waals surface area contributed by atoms with Gasteiger partial charge in [0.15, 0.2) is 0 Å². The SMILES string of the molecule is CCCN(CC)C(=O)CC1(CN)CCCCC1.Cl. The van der Waals surface area contributed by atoms with Crippen LogP contribution in [-0.2, 0) is 4.79 Å². The standard InChI is InChI=1S/C14H28N2O.ClH/c1-3-10-16(4-2)13(17)11-14(12-15)8-6-5-7-9-14;/h3-12,15H2,1-2H3;1H. The van der Waals surface area contributed by atoms with Crippen molar-refractivity contribution in [3.05, 3.63) is 0 Å². The Kier molecular flexibility index (Phi) is 8.62. The summed E-state index contributed by atoms with van der Waals surface area (Å²) in [5, 5.41) is 0. The summed E-state index contributed by atoms with van der Waals surface area (Å²) in [5.41, 5.74) is 6.04. The fourth-order valence-electron chi connectivity index (χ4n) is 2.92. The van der Waals surface area contributed by atoms with Gasteiger partial charge < -0.3 is 10.6 Å². The van der Waals surface area contributed by atoms with Gasteiger partial charge in [-0.05, 0) is 38.1 Å². The number of carbonyl (C=O) groups excluding carboxylic acids is 1. The van der Waals surface area contributed by atoms with Gasteiger partial charge in [0.2, 0.25) is 5.91 Å². The summed E-state index contributed by atoms with van der Waals surface area (Å²) in [5.74, 6) is 0.307. The average molecular weight is 277 g/mol. The lowest BCUT2D eigenvalue weighted by Gasteiger charge is -2.37. The number of amides is 1. The second-order valence-corrected chi connectivity index (χ2v) is 5.41. The fourth-order valence-corrected chi connectivity index (χ4v) is 2.92. The molecule has 0 heterocycles. The molecule has 4 heteroatoms. The van der Waals surface area contributed by atoms with Crippen molar-refractivity contribution < 1.29 is 4.79 Å². The van der Waals surface area contributed by atoms with E-state index in [2.05, 4.69) is 13.8 Å².